The molecule has 140 valence electrons. The summed E-state index contributed by atoms with van der Waals surface area (Å²) >= 11 is 0. The van der Waals surface area contributed by atoms with Gasteiger partial charge in [0.1, 0.15) is 5.52 Å². The molecule has 0 bridgehead atoms. The molecular weight excluding hydrogens is 366 g/mol. The van der Waals surface area contributed by atoms with Gasteiger partial charge >= 0.3 is 0 Å². The number of amides is 1. The molecule has 8 heteroatoms. The molecule has 0 unspecified atom stereocenters. The van der Waals surface area contributed by atoms with Gasteiger partial charge in [0.25, 0.3) is 5.56 Å². The van der Waals surface area contributed by atoms with Gasteiger partial charge in [0, 0.05) is 26.1 Å². The van der Waals surface area contributed by atoms with Crippen LogP contribution in [-0.4, -0.2) is 20.9 Å². The van der Waals surface area contributed by atoms with E-state index < -0.39 is 0 Å². The number of hydrogen-bond donors (Lipinski definition) is 2. The van der Waals surface area contributed by atoms with Gasteiger partial charge in [-0.1, -0.05) is 35.5 Å². The second kappa shape index (κ2) is 8.28. The molecule has 7 nitrogen and oxygen atoms in total. The first-order valence-corrected chi connectivity index (χ1v) is 8.61. The molecule has 1 aromatic heterocycles. The first-order valence-electron chi connectivity index (χ1n) is 8.61. The van der Waals surface area contributed by atoms with Crippen molar-refractivity contribution >= 4 is 29.2 Å². The van der Waals surface area contributed by atoms with Crippen LogP contribution in [0, 0.1) is 0 Å². The quantitative estimate of drug-likeness (QED) is 0.695. The summed E-state index contributed by atoms with van der Waals surface area (Å²) in [5.41, 5.74) is 4.01. The Hall–Kier alpha value is -2.77. The number of hydrogen-bond acceptors (Lipinski definition) is 5. The van der Waals surface area contributed by atoms with Crippen LogP contribution in [0.4, 0.5) is 0 Å². The molecule has 0 saturated carbocycles. The summed E-state index contributed by atoms with van der Waals surface area (Å²) in [6, 6.07) is 13.3. The maximum absolute atomic E-state index is 12.4. The number of halogens is 1. The lowest BCUT2D eigenvalue weighted by atomic mass is 10.1. The van der Waals surface area contributed by atoms with Gasteiger partial charge in [-0.05, 0) is 28.8 Å². The van der Waals surface area contributed by atoms with Crippen LogP contribution in [0.3, 0.4) is 0 Å². The van der Waals surface area contributed by atoms with Crippen molar-refractivity contribution in [2.75, 3.05) is 0 Å². The molecule has 0 saturated heterocycles. The highest BCUT2D eigenvalue weighted by Crippen LogP contribution is 2.16. The maximum Gasteiger partial charge on any atom is 0.277 e. The van der Waals surface area contributed by atoms with E-state index in [1.807, 2.05) is 12.1 Å². The van der Waals surface area contributed by atoms with E-state index in [-0.39, 0.29) is 36.8 Å². The fourth-order valence-electron chi connectivity index (χ4n) is 3.12. The van der Waals surface area contributed by atoms with Gasteiger partial charge in [0.15, 0.2) is 0 Å². The summed E-state index contributed by atoms with van der Waals surface area (Å²) in [6.45, 7) is 2.46. The molecule has 1 aliphatic rings. The average molecular weight is 386 g/mol. The zero-order valence-corrected chi connectivity index (χ0v) is 15.5. The second-order valence-electron chi connectivity index (χ2n) is 6.37. The molecule has 2 aromatic carbocycles. The van der Waals surface area contributed by atoms with Crippen molar-refractivity contribution in [1.82, 2.24) is 25.6 Å². The summed E-state index contributed by atoms with van der Waals surface area (Å²) in [5, 5.41) is 14.6. The minimum absolute atomic E-state index is 0. The van der Waals surface area contributed by atoms with Gasteiger partial charge in [-0.3, -0.25) is 9.59 Å². The number of carbonyl (C=O) groups excluding carboxylic acids is 1. The number of aryl methyl sites for hydroxylation is 1. The first-order chi connectivity index (χ1) is 12.7. The summed E-state index contributed by atoms with van der Waals surface area (Å²) in [6.07, 6.45) is 0.180. The smallest absolute Gasteiger partial charge is 0.277 e. The van der Waals surface area contributed by atoms with Crippen LogP contribution in [0.2, 0.25) is 0 Å². The largest absolute Gasteiger partial charge is 0.352 e. The van der Waals surface area contributed by atoms with E-state index in [0.29, 0.717) is 17.4 Å². The van der Waals surface area contributed by atoms with E-state index >= 15 is 0 Å². The number of rotatable bonds is 5. The highest BCUT2D eigenvalue weighted by atomic mass is 35.5. The molecule has 0 aliphatic carbocycles. The van der Waals surface area contributed by atoms with Crippen molar-refractivity contribution in [2.24, 2.45) is 0 Å². The van der Waals surface area contributed by atoms with Gasteiger partial charge in [-0.2, -0.15) is 0 Å². The molecule has 1 amide bonds. The number of aromatic nitrogens is 3. The monoisotopic (exact) mass is 385 g/mol. The molecule has 0 fully saturated rings. The Morgan fingerprint density at radius 3 is 2.85 bits per heavy atom. The van der Waals surface area contributed by atoms with Crippen molar-refractivity contribution in [1.29, 1.82) is 0 Å². The molecule has 2 N–H and O–H groups in total. The summed E-state index contributed by atoms with van der Waals surface area (Å²) in [5.74, 6) is -0.120. The summed E-state index contributed by atoms with van der Waals surface area (Å²) < 4.78 is 1.24. The van der Waals surface area contributed by atoms with Crippen LogP contribution in [0.1, 0.15) is 23.1 Å². The Kier molecular flexibility index (Phi) is 5.83. The molecule has 3 aromatic rings. The van der Waals surface area contributed by atoms with E-state index in [2.05, 4.69) is 33.1 Å². The van der Waals surface area contributed by atoms with E-state index in [1.54, 1.807) is 18.2 Å². The molecule has 1 aliphatic heterocycles. The topological polar surface area (TPSA) is 88.9 Å². The SMILES string of the molecule is Cl.O=C(CCn1nnc2ccccc2c1=O)NCc1ccc2c(c1)CNC2. The molecule has 2 heterocycles. The Morgan fingerprint density at radius 1 is 1.15 bits per heavy atom. The minimum Gasteiger partial charge on any atom is -0.352 e. The van der Waals surface area contributed by atoms with Gasteiger partial charge in [0.05, 0.1) is 11.9 Å². The minimum atomic E-state index is -0.227. The summed E-state index contributed by atoms with van der Waals surface area (Å²) in [4.78, 5) is 24.5. The van der Waals surface area contributed by atoms with Crippen LogP contribution < -0.4 is 16.2 Å². The Morgan fingerprint density at radius 2 is 1.96 bits per heavy atom. The number of nitrogens with one attached hydrogen (secondary N) is 2. The zero-order chi connectivity index (χ0) is 17.9. The van der Waals surface area contributed by atoms with E-state index in [1.165, 1.54) is 15.8 Å². The number of fused-ring (bicyclic) bond motifs is 2. The molecular formula is C19H20ClN5O2. The Labute approximate surface area is 162 Å². The second-order valence-corrected chi connectivity index (χ2v) is 6.37. The van der Waals surface area contributed by atoms with Gasteiger partial charge in [-0.25, -0.2) is 4.68 Å². The van der Waals surface area contributed by atoms with Crippen molar-refractivity contribution in [3.8, 4) is 0 Å². The van der Waals surface area contributed by atoms with Gasteiger partial charge < -0.3 is 10.6 Å². The van der Waals surface area contributed by atoms with E-state index in [9.17, 15) is 9.59 Å². The molecule has 0 atom stereocenters. The molecule has 0 radical (unpaired) electrons. The van der Waals surface area contributed by atoms with Crippen molar-refractivity contribution in [3.63, 3.8) is 0 Å². The van der Waals surface area contributed by atoms with Crippen LogP contribution in [0.15, 0.2) is 47.3 Å². The molecule has 0 spiro atoms. The average Bonchev–Trinajstić information content (AvgIpc) is 3.14. The van der Waals surface area contributed by atoms with Gasteiger partial charge in [-0.15, -0.1) is 17.5 Å². The van der Waals surface area contributed by atoms with Crippen molar-refractivity contribution < 1.29 is 4.79 Å². The number of benzene rings is 2. The zero-order valence-electron chi connectivity index (χ0n) is 14.6. The molecule has 4 rings (SSSR count). The van der Waals surface area contributed by atoms with Gasteiger partial charge in [0.2, 0.25) is 5.91 Å². The fourth-order valence-corrected chi connectivity index (χ4v) is 3.12. The predicted octanol–water partition coefficient (Wildman–Crippen LogP) is 1.52. The lowest BCUT2D eigenvalue weighted by molar-refractivity contribution is -0.121. The van der Waals surface area contributed by atoms with Crippen LogP contribution in [0.25, 0.3) is 10.9 Å². The van der Waals surface area contributed by atoms with Crippen molar-refractivity contribution in [2.45, 2.75) is 32.6 Å². The predicted molar refractivity (Wildman–Crippen MR) is 104 cm³/mol. The van der Waals surface area contributed by atoms with E-state index in [0.717, 1.165) is 18.7 Å². The summed E-state index contributed by atoms with van der Waals surface area (Å²) in [7, 11) is 0. The third-order valence-electron chi connectivity index (χ3n) is 4.57. The van der Waals surface area contributed by atoms with Crippen molar-refractivity contribution in [3.05, 3.63) is 69.5 Å². The standard InChI is InChI=1S/C19H19N5O2.ClH/c25-18(21-10-13-5-6-14-11-20-12-15(14)9-13)7-8-24-19(26)16-3-1-2-4-17(16)22-23-24;/h1-6,9,20H,7-8,10-12H2,(H,21,25);1H. The highest BCUT2D eigenvalue weighted by molar-refractivity contribution is 5.85. The lowest BCUT2D eigenvalue weighted by Crippen LogP contribution is -2.29. The fraction of sp³-hybridized carbons (Fsp3) is 0.263. The maximum atomic E-state index is 12.4. The van der Waals surface area contributed by atoms with E-state index in [4.69, 9.17) is 0 Å². The number of carbonyl (C=O) groups is 1. The normalized spacial score (nSPS) is 12.4. The number of nitrogens with zero attached hydrogens (tertiary/aromatic N) is 3. The Bertz CT molecular complexity index is 1030. The highest BCUT2D eigenvalue weighted by Gasteiger charge is 2.11. The van der Waals surface area contributed by atoms with Crippen LogP contribution in [0.5, 0.6) is 0 Å². The van der Waals surface area contributed by atoms with Crippen LogP contribution >= 0.6 is 12.4 Å². The third-order valence-corrected chi connectivity index (χ3v) is 4.57. The van der Waals surface area contributed by atoms with Crippen LogP contribution in [-0.2, 0) is 31.0 Å². The molecule has 27 heavy (non-hydrogen) atoms. The lowest BCUT2D eigenvalue weighted by Gasteiger charge is -2.08. The first kappa shape index (κ1) is 19.0. The Balaban J connectivity index is 0.00000210. The third kappa shape index (κ3) is 4.15.